The van der Waals surface area contributed by atoms with Gasteiger partial charge in [-0.25, -0.2) is 0 Å². The number of piperidine rings is 1. The quantitative estimate of drug-likeness (QED) is 0.244. The van der Waals surface area contributed by atoms with Gasteiger partial charge in [0.1, 0.15) is 0 Å². The number of nitrogens with one attached hydrogen (secondary N) is 2. The second-order valence-electron chi connectivity index (χ2n) is 12.2. The van der Waals surface area contributed by atoms with E-state index in [4.69, 9.17) is 4.74 Å². The first-order chi connectivity index (χ1) is 19.7. The van der Waals surface area contributed by atoms with Gasteiger partial charge in [0, 0.05) is 30.9 Å². The molecule has 3 N–H and O–H groups in total. The first-order valence-corrected chi connectivity index (χ1v) is 18.0. The van der Waals surface area contributed by atoms with E-state index in [0.29, 0.717) is 6.54 Å². The van der Waals surface area contributed by atoms with Gasteiger partial charge in [0.15, 0.2) is 0 Å². The Morgan fingerprint density at radius 3 is 2.46 bits per heavy atom. The second-order valence-corrected chi connectivity index (χ2v) is 16.0. The number of anilines is 1. The van der Waals surface area contributed by atoms with Gasteiger partial charge < -0.3 is 29.5 Å². The Hall–Kier alpha value is -2.59. The van der Waals surface area contributed by atoms with Gasteiger partial charge in [0.25, 0.3) is 0 Å². The molecule has 0 aliphatic carbocycles. The summed E-state index contributed by atoms with van der Waals surface area (Å²) in [6, 6.07) is 17.6. The van der Waals surface area contributed by atoms with E-state index in [1.165, 1.54) is 0 Å². The summed E-state index contributed by atoms with van der Waals surface area (Å²) in [6.45, 7) is 7.68. The molecule has 1 unspecified atom stereocenters. The topological polar surface area (TPSA) is 90.9 Å². The third-order valence-corrected chi connectivity index (χ3v) is 11.1. The number of aliphatic hydroxyl groups is 1. The number of halogens is 1. The number of hydrogen-bond donors (Lipinski definition) is 3. The Morgan fingerprint density at radius 1 is 1.10 bits per heavy atom. The minimum atomic E-state index is -3.12. The number of amides is 2. The maximum absolute atomic E-state index is 15.6. The smallest absolute Gasteiger partial charge is 0.246 e. The molecule has 0 saturated carbocycles. The van der Waals surface area contributed by atoms with Crippen LogP contribution in [-0.2, 0) is 27.3 Å². The third kappa shape index (κ3) is 8.70. The number of carbonyl (C=O) groups excluding carboxylic acids is 2. The van der Waals surface area contributed by atoms with Crippen LogP contribution in [0.5, 0.6) is 0 Å². The molecule has 224 valence electrons. The molecule has 5 atom stereocenters. The summed E-state index contributed by atoms with van der Waals surface area (Å²) in [5.41, 5.74) is 2.63. The van der Waals surface area contributed by atoms with Crippen molar-refractivity contribution in [3.05, 3.63) is 65.7 Å². The van der Waals surface area contributed by atoms with E-state index in [1.54, 1.807) is 18.0 Å². The zero-order valence-corrected chi connectivity index (χ0v) is 25.7. The van der Waals surface area contributed by atoms with Crippen molar-refractivity contribution in [2.24, 2.45) is 11.8 Å². The number of aliphatic hydroxyl groups excluding tert-OH is 1. The van der Waals surface area contributed by atoms with Gasteiger partial charge in [-0.3, -0.25) is 9.59 Å². The number of rotatable bonds is 12. The molecular formula is C32H46FN3O4Si. The van der Waals surface area contributed by atoms with Crippen LogP contribution in [0.25, 0.3) is 0 Å². The zero-order valence-electron chi connectivity index (χ0n) is 24.7. The second kappa shape index (κ2) is 14.5. The van der Waals surface area contributed by atoms with Gasteiger partial charge >= 0.3 is 0 Å². The SMILES string of the molecule is C[C@@H]1[C@@H]([Si](C)(C)F)[C@H](CC(=O)N(CCO)Cc2ccccc2)O[C@@H]1CCc1ccc(NC(=O)C2CCCNC2)cc1. The van der Waals surface area contributed by atoms with Crippen LogP contribution >= 0.6 is 0 Å². The summed E-state index contributed by atoms with van der Waals surface area (Å²) >= 11 is 0. The highest BCUT2D eigenvalue weighted by atomic mass is 28.4. The van der Waals surface area contributed by atoms with E-state index < -0.39 is 14.5 Å². The predicted molar refractivity (Wildman–Crippen MR) is 163 cm³/mol. The van der Waals surface area contributed by atoms with Gasteiger partial charge in [0.2, 0.25) is 20.2 Å². The Kier molecular flexibility index (Phi) is 11.1. The van der Waals surface area contributed by atoms with Crippen molar-refractivity contribution in [3.8, 4) is 0 Å². The number of nitrogens with zero attached hydrogens (tertiary/aromatic N) is 1. The van der Waals surface area contributed by atoms with Crippen LogP contribution in [0.2, 0.25) is 18.6 Å². The minimum absolute atomic E-state index is 0.00236. The highest BCUT2D eigenvalue weighted by molar-refractivity contribution is 6.72. The van der Waals surface area contributed by atoms with E-state index in [1.807, 2.05) is 54.6 Å². The lowest BCUT2D eigenvalue weighted by molar-refractivity contribution is -0.135. The van der Waals surface area contributed by atoms with E-state index >= 15 is 4.11 Å². The molecule has 0 aromatic heterocycles. The van der Waals surface area contributed by atoms with Crippen LogP contribution in [0.4, 0.5) is 9.80 Å². The van der Waals surface area contributed by atoms with Crippen LogP contribution < -0.4 is 10.6 Å². The van der Waals surface area contributed by atoms with Crippen molar-refractivity contribution < 1.29 is 23.5 Å². The molecule has 0 spiro atoms. The normalized spacial score (nSPS) is 24.7. The minimum Gasteiger partial charge on any atom is -0.395 e. The van der Waals surface area contributed by atoms with Gasteiger partial charge in [-0.15, -0.1) is 0 Å². The molecule has 9 heteroatoms. The number of aryl methyl sites for hydroxylation is 1. The van der Waals surface area contributed by atoms with Crippen molar-refractivity contribution >= 4 is 25.9 Å². The molecule has 0 radical (unpaired) electrons. The molecule has 7 nitrogen and oxygen atoms in total. The molecule has 0 bridgehead atoms. The van der Waals surface area contributed by atoms with Crippen molar-refractivity contribution in [1.29, 1.82) is 0 Å². The molecule has 2 saturated heterocycles. The summed E-state index contributed by atoms with van der Waals surface area (Å²) in [6.07, 6.45) is 2.93. The first kappa shape index (κ1) is 31.3. The molecule has 41 heavy (non-hydrogen) atoms. The van der Waals surface area contributed by atoms with E-state index in [9.17, 15) is 14.7 Å². The lowest BCUT2D eigenvalue weighted by Crippen LogP contribution is -2.40. The maximum Gasteiger partial charge on any atom is 0.246 e. The average molecular weight is 584 g/mol. The van der Waals surface area contributed by atoms with Crippen LogP contribution in [0.15, 0.2) is 54.6 Å². The summed E-state index contributed by atoms with van der Waals surface area (Å²) in [5, 5.41) is 15.9. The fourth-order valence-corrected chi connectivity index (χ4v) is 9.02. The number of ether oxygens (including phenoxy) is 1. The molecule has 2 fully saturated rings. The molecule has 2 aliphatic heterocycles. The van der Waals surface area contributed by atoms with Gasteiger partial charge in [-0.05, 0) is 74.5 Å². The Morgan fingerprint density at radius 2 is 1.83 bits per heavy atom. The molecule has 4 rings (SSSR count). The highest BCUT2D eigenvalue weighted by Gasteiger charge is 2.51. The summed E-state index contributed by atoms with van der Waals surface area (Å²) in [5.74, 6) is -0.0492. The van der Waals surface area contributed by atoms with E-state index in [2.05, 4.69) is 17.6 Å². The number of hydrogen-bond acceptors (Lipinski definition) is 5. The van der Waals surface area contributed by atoms with Gasteiger partial charge in [-0.1, -0.05) is 49.4 Å². The molecule has 2 aliphatic rings. The van der Waals surface area contributed by atoms with E-state index in [-0.39, 0.29) is 54.9 Å². The average Bonchev–Trinajstić information content (AvgIpc) is 3.28. The summed E-state index contributed by atoms with van der Waals surface area (Å²) < 4.78 is 22.1. The largest absolute Gasteiger partial charge is 0.395 e. The van der Waals surface area contributed by atoms with Crippen molar-refractivity contribution in [2.75, 3.05) is 31.6 Å². The van der Waals surface area contributed by atoms with Crippen LogP contribution in [0.1, 0.15) is 43.7 Å². The zero-order chi connectivity index (χ0) is 29.4. The Bertz CT molecular complexity index is 1120. The van der Waals surface area contributed by atoms with Crippen LogP contribution in [-0.4, -0.2) is 68.7 Å². The molecule has 2 amide bonds. The van der Waals surface area contributed by atoms with Gasteiger partial charge in [0.05, 0.1) is 31.2 Å². The molecule has 2 aromatic carbocycles. The lowest BCUT2D eigenvalue weighted by atomic mass is 9.95. The third-order valence-electron chi connectivity index (χ3n) is 8.62. The molecule has 2 aromatic rings. The van der Waals surface area contributed by atoms with E-state index in [0.717, 1.165) is 55.6 Å². The fourth-order valence-electron chi connectivity index (χ4n) is 6.48. The number of carbonyl (C=O) groups is 2. The standard InChI is InChI=1S/C32H46FN3O4Si/c1-23-28(16-13-24-11-14-27(15-12-24)35-32(39)26-10-7-17-34-21-26)40-29(31(23)41(2,3)33)20-30(38)36(18-19-37)22-25-8-5-4-6-9-25/h4-6,8-9,11-12,14-15,23,26,28-29,31,34,37H,7,10,13,16-22H2,1-3H3,(H,35,39)/t23-,26?,28+,29-,31+/m0/s1. The summed E-state index contributed by atoms with van der Waals surface area (Å²) in [4.78, 5) is 27.5. The Balaban J connectivity index is 1.35. The van der Waals surface area contributed by atoms with Gasteiger partial charge in [-0.2, -0.15) is 0 Å². The molecular weight excluding hydrogens is 537 g/mol. The fraction of sp³-hybridized carbons (Fsp3) is 0.562. The van der Waals surface area contributed by atoms with Crippen molar-refractivity contribution in [2.45, 2.75) is 76.4 Å². The first-order valence-electron chi connectivity index (χ1n) is 15.0. The van der Waals surface area contributed by atoms with Crippen LogP contribution in [0, 0.1) is 11.8 Å². The number of benzene rings is 2. The monoisotopic (exact) mass is 583 g/mol. The maximum atomic E-state index is 15.6. The van der Waals surface area contributed by atoms with Crippen LogP contribution in [0.3, 0.4) is 0 Å². The van der Waals surface area contributed by atoms with Crippen molar-refractivity contribution in [1.82, 2.24) is 10.2 Å². The predicted octanol–water partition coefficient (Wildman–Crippen LogP) is 4.92. The highest BCUT2D eigenvalue weighted by Crippen LogP contribution is 2.47. The Labute approximate surface area is 245 Å². The lowest BCUT2D eigenvalue weighted by Gasteiger charge is -2.30. The molecule has 2 heterocycles. The van der Waals surface area contributed by atoms with Crippen molar-refractivity contribution in [3.63, 3.8) is 0 Å². The summed E-state index contributed by atoms with van der Waals surface area (Å²) in [7, 11) is -3.12.